The van der Waals surface area contributed by atoms with E-state index in [0.717, 1.165) is 5.56 Å². The van der Waals surface area contributed by atoms with Crippen molar-refractivity contribution >= 4 is 18.0 Å². The molecule has 0 bridgehead atoms. The first kappa shape index (κ1) is 15.2. The summed E-state index contributed by atoms with van der Waals surface area (Å²) in [4.78, 5) is 0. The van der Waals surface area contributed by atoms with E-state index < -0.39 is 0 Å². The zero-order chi connectivity index (χ0) is 15.4. The van der Waals surface area contributed by atoms with Crippen LogP contribution in [0.3, 0.4) is 0 Å². The number of aromatic nitrogens is 3. The van der Waals surface area contributed by atoms with Gasteiger partial charge < -0.3 is 14.6 Å². The third kappa shape index (κ3) is 3.10. The summed E-state index contributed by atoms with van der Waals surface area (Å²) < 4.78 is 11.8. The van der Waals surface area contributed by atoms with Gasteiger partial charge in [-0.1, -0.05) is 11.8 Å². The van der Waals surface area contributed by atoms with Crippen LogP contribution in [0.5, 0.6) is 17.2 Å². The van der Waals surface area contributed by atoms with Gasteiger partial charge in [-0.15, -0.1) is 10.2 Å². The number of hydrogen-bond donors (Lipinski definition) is 1. The number of thioether (sulfide) groups is 1. The third-order valence-corrected chi connectivity index (χ3v) is 3.39. The molecule has 0 fully saturated rings. The van der Waals surface area contributed by atoms with Crippen molar-refractivity contribution in [1.82, 2.24) is 14.9 Å². The molecule has 0 aliphatic carbocycles. The van der Waals surface area contributed by atoms with Gasteiger partial charge in [-0.2, -0.15) is 9.78 Å². The Bertz CT molecular complexity index is 644. The molecule has 0 saturated heterocycles. The van der Waals surface area contributed by atoms with Crippen LogP contribution < -0.4 is 9.47 Å². The average molecular weight is 308 g/mol. The molecule has 112 valence electrons. The molecule has 0 atom stereocenters. The van der Waals surface area contributed by atoms with Crippen molar-refractivity contribution in [3.63, 3.8) is 0 Å². The maximum atomic E-state index is 9.87. The van der Waals surface area contributed by atoms with Crippen molar-refractivity contribution in [2.24, 2.45) is 5.10 Å². The molecule has 8 heteroatoms. The van der Waals surface area contributed by atoms with Crippen LogP contribution in [-0.2, 0) is 0 Å². The molecule has 0 aliphatic rings. The van der Waals surface area contributed by atoms with E-state index in [1.807, 2.05) is 13.2 Å². The Balaban J connectivity index is 2.39. The van der Waals surface area contributed by atoms with Crippen molar-refractivity contribution in [1.29, 1.82) is 0 Å². The highest BCUT2D eigenvalue weighted by atomic mass is 32.2. The lowest BCUT2D eigenvalue weighted by Crippen LogP contribution is -1.97. The number of aryl methyl sites for hydroxylation is 1. The number of rotatable bonds is 5. The molecule has 1 N–H and O–H groups in total. The van der Waals surface area contributed by atoms with Gasteiger partial charge in [0.25, 0.3) is 0 Å². The van der Waals surface area contributed by atoms with E-state index in [1.54, 1.807) is 23.0 Å². The molecule has 7 nitrogen and oxygen atoms in total. The molecule has 1 aromatic carbocycles. The van der Waals surface area contributed by atoms with Crippen LogP contribution in [0.4, 0.5) is 0 Å². The standard InChI is InChI=1S/C13H16N4O3S/c1-8-15-16-13(21-4)17(8)14-7-9-5-10(19-2)12(18)11(6-9)20-3/h5-7,18H,1-4H3/b14-7-. The minimum absolute atomic E-state index is 0.0394. The Morgan fingerprint density at radius 3 is 2.38 bits per heavy atom. The zero-order valence-electron chi connectivity index (χ0n) is 12.2. The molecule has 0 saturated carbocycles. The van der Waals surface area contributed by atoms with Gasteiger partial charge >= 0.3 is 0 Å². The summed E-state index contributed by atoms with van der Waals surface area (Å²) in [6, 6.07) is 3.33. The van der Waals surface area contributed by atoms with Crippen molar-refractivity contribution in [3.8, 4) is 17.2 Å². The Kier molecular flexibility index (Phi) is 4.69. The van der Waals surface area contributed by atoms with Crippen LogP contribution in [0.2, 0.25) is 0 Å². The fraction of sp³-hybridized carbons (Fsp3) is 0.308. The fourth-order valence-electron chi connectivity index (χ4n) is 1.71. The maximum absolute atomic E-state index is 9.87. The van der Waals surface area contributed by atoms with Crippen molar-refractivity contribution in [2.45, 2.75) is 12.1 Å². The van der Waals surface area contributed by atoms with E-state index in [2.05, 4.69) is 15.3 Å². The topological polar surface area (TPSA) is 81.8 Å². The second kappa shape index (κ2) is 6.49. The van der Waals surface area contributed by atoms with Crippen LogP contribution in [0, 0.1) is 6.92 Å². The van der Waals surface area contributed by atoms with Crippen molar-refractivity contribution in [3.05, 3.63) is 23.5 Å². The molecule has 2 aromatic rings. The Morgan fingerprint density at radius 1 is 1.24 bits per heavy atom. The molecule has 1 aromatic heterocycles. The van der Waals surface area contributed by atoms with Gasteiger partial charge in [-0.25, -0.2) is 0 Å². The smallest absolute Gasteiger partial charge is 0.211 e. The highest BCUT2D eigenvalue weighted by Crippen LogP contribution is 2.36. The second-order valence-electron chi connectivity index (χ2n) is 4.06. The van der Waals surface area contributed by atoms with Crippen molar-refractivity contribution in [2.75, 3.05) is 20.5 Å². The molecule has 0 unspecified atom stereocenters. The minimum atomic E-state index is -0.0394. The van der Waals surface area contributed by atoms with E-state index in [1.165, 1.54) is 26.0 Å². The van der Waals surface area contributed by atoms with Crippen LogP contribution >= 0.6 is 11.8 Å². The van der Waals surface area contributed by atoms with E-state index in [9.17, 15) is 5.11 Å². The van der Waals surface area contributed by atoms with Gasteiger partial charge in [0, 0.05) is 5.56 Å². The Hall–Kier alpha value is -2.22. The van der Waals surface area contributed by atoms with Gasteiger partial charge in [0.1, 0.15) is 0 Å². The molecule has 21 heavy (non-hydrogen) atoms. The van der Waals surface area contributed by atoms with Gasteiger partial charge in [-0.3, -0.25) is 0 Å². The average Bonchev–Trinajstić information content (AvgIpc) is 2.86. The fourth-order valence-corrected chi connectivity index (χ4v) is 2.19. The van der Waals surface area contributed by atoms with Crippen molar-refractivity contribution < 1.29 is 14.6 Å². The summed E-state index contributed by atoms with van der Waals surface area (Å²) in [5, 5.41) is 22.9. The lowest BCUT2D eigenvalue weighted by Gasteiger charge is -2.09. The largest absolute Gasteiger partial charge is 0.502 e. The number of ether oxygens (including phenoxy) is 2. The minimum Gasteiger partial charge on any atom is -0.502 e. The lowest BCUT2D eigenvalue weighted by atomic mass is 10.2. The first-order chi connectivity index (χ1) is 10.1. The molecule has 0 spiro atoms. The number of nitrogens with zero attached hydrogens (tertiary/aromatic N) is 4. The summed E-state index contributed by atoms with van der Waals surface area (Å²) >= 11 is 1.46. The van der Waals surface area contributed by atoms with Crippen LogP contribution in [-0.4, -0.2) is 46.7 Å². The highest BCUT2D eigenvalue weighted by Gasteiger charge is 2.11. The van der Waals surface area contributed by atoms with Gasteiger partial charge in [-0.05, 0) is 25.3 Å². The van der Waals surface area contributed by atoms with Crippen LogP contribution in [0.1, 0.15) is 11.4 Å². The molecule has 0 aliphatic heterocycles. The van der Waals surface area contributed by atoms with E-state index in [4.69, 9.17) is 9.47 Å². The van der Waals surface area contributed by atoms with E-state index >= 15 is 0 Å². The van der Waals surface area contributed by atoms with Gasteiger partial charge in [0.15, 0.2) is 17.3 Å². The summed E-state index contributed by atoms with van der Waals surface area (Å²) in [5.41, 5.74) is 0.724. The third-order valence-electron chi connectivity index (χ3n) is 2.77. The molecular weight excluding hydrogens is 292 g/mol. The Morgan fingerprint density at radius 2 is 1.86 bits per heavy atom. The Labute approximate surface area is 126 Å². The first-order valence-electron chi connectivity index (χ1n) is 6.06. The molecule has 0 amide bonds. The molecule has 2 rings (SSSR count). The van der Waals surface area contributed by atoms with Crippen LogP contribution in [0.25, 0.3) is 0 Å². The maximum Gasteiger partial charge on any atom is 0.211 e. The molecule has 1 heterocycles. The predicted octanol–water partition coefficient (Wildman–Crippen LogP) is 1.91. The molecular formula is C13H16N4O3S. The SMILES string of the molecule is COc1cc(/C=N\n2c(C)nnc2SC)cc(OC)c1O. The summed E-state index contributed by atoms with van der Waals surface area (Å²) in [5.74, 6) is 1.29. The lowest BCUT2D eigenvalue weighted by molar-refractivity contribution is 0.340. The number of benzene rings is 1. The number of phenols is 1. The zero-order valence-corrected chi connectivity index (χ0v) is 13.0. The predicted molar refractivity (Wildman–Crippen MR) is 80.7 cm³/mol. The first-order valence-corrected chi connectivity index (χ1v) is 7.28. The number of aromatic hydroxyl groups is 1. The summed E-state index contributed by atoms with van der Waals surface area (Å²) in [6.45, 7) is 1.82. The van der Waals surface area contributed by atoms with E-state index in [-0.39, 0.29) is 5.75 Å². The number of phenolic OH excluding ortho intramolecular Hbond substituents is 1. The summed E-state index contributed by atoms with van der Waals surface area (Å²) in [7, 11) is 2.95. The monoisotopic (exact) mass is 308 g/mol. The second-order valence-corrected chi connectivity index (χ2v) is 4.84. The quantitative estimate of drug-likeness (QED) is 0.671. The van der Waals surface area contributed by atoms with Crippen LogP contribution in [0.15, 0.2) is 22.4 Å². The molecule has 0 radical (unpaired) electrons. The number of methoxy groups -OCH3 is 2. The van der Waals surface area contributed by atoms with Gasteiger partial charge in [0.2, 0.25) is 10.9 Å². The van der Waals surface area contributed by atoms with E-state index in [0.29, 0.717) is 22.5 Å². The number of hydrogen-bond acceptors (Lipinski definition) is 7. The highest BCUT2D eigenvalue weighted by molar-refractivity contribution is 7.98. The summed E-state index contributed by atoms with van der Waals surface area (Å²) in [6.07, 6.45) is 3.53. The van der Waals surface area contributed by atoms with Gasteiger partial charge in [0.05, 0.1) is 20.4 Å². The normalized spacial score (nSPS) is 11.0.